The van der Waals surface area contributed by atoms with Gasteiger partial charge >= 0.3 is 0 Å². The topological polar surface area (TPSA) is 43.3 Å². The molecule has 7 aromatic carbocycles. The molecule has 4 heteroatoms. The lowest BCUT2D eigenvalue weighted by Crippen LogP contribution is -1.91. The molecule has 0 atom stereocenters. The van der Waals surface area contributed by atoms with Crippen LogP contribution in [0.2, 0.25) is 0 Å². The molecule has 0 fully saturated rings. The van der Waals surface area contributed by atoms with E-state index >= 15 is 0 Å². The van der Waals surface area contributed by atoms with E-state index in [0.29, 0.717) is 0 Å². The summed E-state index contributed by atoms with van der Waals surface area (Å²) in [5, 5.41) is 3.20. The molecule has 0 N–H and O–H groups in total. The van der Waals surface area contributed by atoms with Gasteiger partial charge in [0.15, 0.2) is 5.58 Å². The Morgan fingerprint density at radius 1 is 0.370 bits per heavy atom. The van der Waals surface area contributed by atoms with Crippen molar-refractivity contribution < 1.29 is 4.42 Å². The summed E-state index contributed by atoms with van der Waals surface area (Å²) in [6.07, 6.45) is 0. The van der Waals surface area contributed by atoms with Crippen molar-refractivity contribution in [2.24, 2.45) is 0 Å². The van der Waals surface area contributed by atoms with Gasteiger partial charge in [-0.1, -0.05) is 140 Å². The van der Waals surface area contributed by atoms with Gasteiger partial charge in [-0.15, -0.1) is 0 Å². The molecule has 54 heavy (non-hydrogen) atoms. The van der Waals surface area contributed by atoms with Crippen LogP contribution in [0.3, 0.4) is 0 Å². The average molecular weight is 690 g/mol. The monoisotopic (exact) mass is 689 g/mol. The molecule has 4 heterocycles. The predicted octanol–water partition coefficient (Wildman–Crippen LogP) is 13.3. The fraction of sp³-hybridized carbons (Fsp3) is 0. The third-order valence-electron chi connectivity index (χ3n) is 10.5. The molecular weight excluding hydrogens is 659 g/mol. The van der Waals surface area contributed by atoms with Crippen LogP contribution >= 0.6 is 0 Å². The second kappa shape index (κ2) is 12.1. The summed E-state index contributed by atoms with van der Waals surface area (Å²) in [6, 6.07) is 66.1. The van der Waals surface area contributed by atoms with Gasteiger partial charge in [-0.25, -0.2) is 9.97 Å². The lowest BCUT2D eigenvalue weighted by Gasteiger charge is -2.12. The molecule has 0 unspecified atom stereocenters. The van der Waals surface area contributed by atoms with E-state index in [1.165, 1.54) is 5.56 Å². The lowest BCUT2D eigenvalue weighted by molar-refractivity contribution is 0.672. The van der Waals surface area contributed by atoms with Gasteiger partial charge in [0.1, 0.15) is 16.7 Å². The van der Waals surface area contributed by atoms with Gasteiger partial charge in [-0.05, 0) is 81.9 Å². The van der Waals surface area contributed by atoms with E-state index in [1.54, 1.807) is 0 Å². The highest BCUT2D eigenvalue weighted by molar-refractivity contribution is 6.19. The van der Waals surface area contributed by atoms with Crippen LogP contribution < -0.4 is 0 Å². The highest BCUT2D eigenvalue weighted by Gasteiger charge is 2.20. The zero-order chi connectivity index (χ0) is 35.6. The second-order valence-corrected chi connectivity index (χ2v) is 13.8. The summed E-state index contributed by atoms with van der Waals surface area (Å²) in [4.78, 5) is 10.3. The largest absolute Gasteiger partial charge is 0.454 e. The zero-order valence-corrected chi connectivity index (χ0v) is 29.1. The fourth-order valence-electron chi connectivity index (χ4n) is 7.95. The van der Waals surface area contributed by atoms with Crippen molar-refractivity contribution in [3.05, 3.63) is 188 Å². The molecule has 0 aliphatic heterocycles. The van der Waals surface area contributed by atoms with Crippen molar-refractivity contribution in [2.45, 2.75) is 0 Å². The number of hydrogen-bond acceptors (Lipinski definition) is 3. The van der Waals surface area contributed by atoms with Gasteiger partial charge < -0.3 is 4.42 Å². The van der Waals surface area contributed by atoms with Crippen molar-refractivity contribution in [1.29, 1.82) is 0 Å². The number of imidazole rings is 1. The van der Waals surface area contributed by atoms with E-state index in [-0.39, 0.29) is 0 Å². The minimum absolute atomic E-state index is 0.855. The summed E-state index contributed by atoms with van der Waals surface area (Å²) in [6.45, 7) is 0. The summed E-state index contributed by atoms with van der Waals surface area (Å²) >= 11 is 0. The first-order valence-electron chi connectivity index (χ1n) is 18.2. The standard InChI is InChI=1S/C50H31N3O/c1-3-13-32(14-4-1)39-30-44(33-15-5-2-6-16-33)51-45(31-39)38-20-12-19-36(28-38)34-17-11-18-35(27-34)37-25-26-47-42(29-37)48-49(54-47)40-21-7-8-22-41(40)50-52-43-23-9-10-24-46(43)53(48)50/h1-31H. The third kappa shape index (κ3) is 4.92. The number of fused-ring (bicyclic) bond motifs is 10. The van der Waals surface area contributed by atoms with E-state index in [2.05, 4.69) is 180 Å². The van der Waals surface area contributed by atoms with Crippen LogP contribution in [0.1, 0.15) is 0 Å². The first kappa shape index (κ1) is 30.3. The number of aromatic nitrogens is 3. The van der Waals surface area contributed by atoms with E-state index in [0.717, 1.165) is 99.9 Å². The van der Waals surface area contributed by atoms with E-state index in [4.69, 9.17) is 14.4 Å². The van der Waals surface area contributed by atoms with E-state index < -0.39 is 0 Å². The van der Waals surface area contributed by atoms with Crippen LogP contribution in [0.4, 0.5) is 0 Å². The maximum Gasteiger partial charge on any atom is 0.160 e. The van der Waals surface area contributed by atoms with Crippen molar-refractivity contribution in [1.82, 2.24) is 14.4 Å². The van der Waals surface area contributed by atoms with Crippen molar-refractivity contribution in [3.8, 4) is 55.9 Å². The number of rotatable bonds is 5. The van der Waals surface area contributed by atoms with Gasteiger partial charge in [-0.3, -0.25) is 4.40 Å². The molecule has 4 aromatic heterocycles. The number of pyridine rings is 2. The number of hydrogen-bond donors (Lipinski definition) is 0. The Hall–Kier alpha value is -7.30. The second-order valence-electron chi connectivity index (χ2n) is 13.8. The fourth-order valence-corrected chi connectivity index (χ4v) is 7.95. The van der Waals surface area contributed by atoms with Gasteiger partial charge in [0, 0.05) is 27.3 Å². The van der Waals surface area contributed by atoms with Crippen LogP contribution in [0.5, 0.6) is 0 Å². The Kier molecular flexibility index (Phi) is 6.82. The minimum Gasteiger partial charge on any atom is -0.454 e. The van der Waals surface area contributed by atoms with Gasteiger partial charge in [0.2, 0.25) is 0 Å². The highest BCUT2D eigenvalue weighted by Crippen LogP contribution is 2.40. The Morgan fingerprint density at radius 2 is 0.944 bits per heavy atom. The zero-order valence-electron chi connectivity index (χ0n) is 29.1. The first-order valence-corrected chi connectivity index (χ1v) is 18.2. The predicted molar refractivity (Wildman–Crippen MR) is 222 cm³/mol. The van der Waals surface area contributed by atoms with Crippen LogP contribution in [-0.4, -0.2) is 14.4 Å². The quantitative estimate of drug-likeness (QED) is 0.181. The van der Waals surface area contributed by atoms with Crippen LogP contribution in [0.25, 0.3) is 105 Å². The van der Waals surface area contributed by atoms with Gasteiger partial charge in [-0.2, -0.15) is 0 Å². The van der Waals surface area contributed by atoms with E-state index in [9.17, 15) is 0 Å². The molecule has 11 aromatic rings. The van der Waals surface area contributed by atoms with Crippen LogP contribution in [0, 0.1) is 0 Å². The van der Waals surface area contributed by atoms with Gasteiger partial charge in [0.05, 0.1) is 22.4 Å². The number of benzene rings is 7. The average Bonchev–Trinajstić information content (AvgIpc) is 3.83. The van der Waals surface area contributed by atoms with Crippen LogP contribution in [-0.2, 0) is 0 Å². The maximum atomic E-state index is 6.65. The summed E-state index contributed by atoms with van der Waals surface area (Å²) in [5.74, 6) is 0. The summed E-state index contributed by atoms with van der Waals surface area (Å²) < 4.78 is 8.92. The normalized spacial score (nSPS) is 11.7. The molecule has 0 spiro atoms. The van der Waals surface area contributed by atoms with Crippen molar-refractivity contribution >= 4 is 49.5 Å². The Labute approximate surface area is 311 Å². The van der Waals surface area contributed by atoms with Crippen LogP contribution in [0.15, 0.2) is 192 Å². The highest BCUT2D eigenvalue weighted by atomic mass is 16.3. The Bertz CT molecular complexity index is 3150. The molecular formula is C50H31N3O. The van der Waals surface area contributed by atoms with Crippen molar-refractivity contribution in [3.63, 3.8) is 0 Å². The molecule has 4 nitrogen and oxygen atoms in total. The molecule has 0 aliphatic carbocycles. The Morgan fingerprint density at radius 3 is 1.70 bits per heavy atom. The third-order valence-corrected chi connectivity index (χ3v) is 10.5. The summed E-state index contributed by atoms with van der Waals surface area (Å²) in [7, 11) is 0. The SMILES string of the molecule is c1ccc(-c2cc(-c3ccccc3)nc(-c3cccc(-c4cccc(-c5ccc6oc7c8ccccc8c8nc9ccccc9n8c7c6c5)c4)c3)c2)cc1. The number of nitrogens with zero attached hydrogens (tertiary/aromatic N) is 3. The molecule has 0 bridgehead atoms. The molecule has 0 aliphatic rings. The molecule has 0 amide bonds. The first-order chi connectivity index (χ1) is 26.7. The molecule has 0 saturated heterocycles. The van der Waals surface area contributed by atoms with E-state index in [1.807, 2.05) is 12.1 Å². The van der Waals surface area contributed by atoms with Crippen molar-refractivity contribution in [2.75, 3.05) is 0 Å². The number of furan rings is 1. The molecule has 0 radical (unpaired) electrons. The molecule has 252 valence electrons. The minimum atomic E-state index is 0.855. The maximum absolute atomic E-state index is 6.65. The van der Waals surface area contributed by atoms with Gasteiger partial charge in [0.25, 0.3) is 0 Å². The number of para-hydroxylation sites is 2. The lowest BCUT2D eigenvalue weighted by atomic mass is 9.95. The smallest absolute Gasteiger partial charge is 0.160 e. The summed E-state index contributed by atoms with van der Waals surface area (Å²) in [5.41, 5.74) is 16.6. The Balaban J connectivity index is 1.04. The molecule has 0 saturated carbocycles. The molecule has 11 rings (SSSR count).